The Hall–Kier alpha value is -2.08. The number of hydrogen-bond donors (Lipinski definition) is 3. The van der Waals surface area contributed by atoms with E-state index in [1.54, 1.807) is 6.07 Å². The van der Waals surface area contributed by atoms with E-state index in [0.29, 0.717) is 11.3 Å². The summed E-state index contributed by atoms with van der Waals surface area (Å²) in [4.78, 5) is 23.6. The Kier molecular flexibility index (Phi) is 3.67. The predicted octanol–water partition coefficient (Wildman–Crippen LogP) is 0.812. The largest absolute Gasteiger partial charge is 0.496 e. The van der Waals surface area contributed by atoms with Crippen molar-refractivity contribution in [1.82, 2.24) is 10.6 Å². The molecule has 0 bridgehead atoms. The van der Waals surface area contributed by atoms with Gasteiger partial charge in [-0.15, -0.1) is 0 Å². The average Bonchev–Trinajstić information content (AvgIpc) is 2.73. The maximum Gasteiger partial charge on any atom is 0.322 e. The topological polar surface area (TPSA) is 93.4 Å². The van der Waals surface area contributed by atoms with E-state index in [0.717, 1.165) is 5.56 Å². The average molecular weight is 277 g/mol. The fourth-order valence-corrected chi connectivity index (χ4v) is 2.35. The van der Waals surface area contributed by atoms with E-state index in [4.69, 9.17) is 10.5 Å². The van der Waals surface area contributed by atoms with Gasteiger partial charge in [0.25, 0.3) is 5.91 Å². The van der Waals surface area contributed by atoms with Gasteiger partial charge in [-0.05, 0) is 23.6 Å². The van der Waals surface area contributed by atoms with Crippen LogP contribution in [0.5, 0.6) is 5.75 Å². The van der Waals surface area contributed by atoms with Gasteiger partial charge < -0.3 is 15.8 Å². The number of rotatable bonds is 4. The summed E-state index contributed by atoms with van der Waals surface area (Å²) >= 11 is 0. The van der Waals surface area contributed by atoms with Crippen molar-refractivity contribution in [2.75, 3.05) is 13.7 Å². The lowest BCUT2D eigenvalue weighted by atomic mass is 9.86. The Labute approximate surface area is 117 Å². The Bertz CT molecular complexity index is 557. The van der Waals surface area contributed by atoms with E-state index in [9.17, 15) is 9.59 Å². The summed E-state index contributed by atoms with van der Waals surface area (Å²) in [5.41, 5.74) is 6.13. The number of nitrogens with one attached hydrogen (secondary N) is 2. The summed E-state index contributed by atoms with van der Waals surface area (Å²) < 4.78 is 5.32. The van der Waals surface area contributed by atoms with Crippen molar-refractivity contribution in [2.24, 2.45) is 5.73 Å². The summed E-state index contributed by atoms with van der Waals surface area (Å²) in [6, 6.07) is 5.05. The van der Waals surface area contributed by atoms with E-state index in [2.05, 4.69) is 10.6 Å². The van der Waals surface area contributed by atoms with Crippen molar-refractivity contribution in [2.45, 2.75) is 25.3 Å². The number of benzene rings is 1. The van der Waals surface area contributed by atoms with Gasteiger partial charge in [-0.25, -0.2) is 4.79 Å². The number of imide groups is 1. The molecule has 1 heterocycles. The molecule has 0 aliphatic carbocycles. The first-order valence-corrected chi connectivity index (χ1v) is 6.46. The number of hydrogen-bond acceptors (Lipinski definition) is 4. The van der Waals surface area contributed by atoms with Crippen LogP contribution in [-0.4, -0.2) is 25.6 Å². The molecule has 2 rings (SSSR count). The smallest absolute Gasteiger partial charge is 0.322 e. The molecule has 0 radical (unpaired) electrons. The Morgan fingerprint density at radius 2 is 2.05 bits per heavy atom. The summed E-state index contributed by atoms with van der Waals surface area (Å²) in [5, 5.41) is 4.85. The molecule has 20 heavy (non-hydrogen) atoms. The van der Waals surface area contributed by atoms with Gasteiger partial charge in [0.2, 0.25) is 0 Å². The minimum Gasteiger partial charge on any atom is -0.496 e. The second-order valence-corrected chi connectivity index (χ2v) is 5.13. The van der Waals surface area contributed by atoms with Crippen LogP contribution in [-0.2, 0) is 10.3 Å². The third-order valence-electron chi connectivity index (χ3n) is 3.60. The number of ether oxygens (including phenoxy) is 1. The summed E-state index contributed by atoms with van der Waals surface area (Å²) in [7, 11) is 1.52. The fraction of sp³-hybridized carbons (Fsp3) is 0.429. The zero-order valence-electron chi connectivity index (χ0n) is 11.8. The predicted molar refractivity (Wildman–Crippen MR) is 74.5 cm³/mol. The lowest BCUT2D eigenvalue weighted by Gasteiger charge is -2.27. The van der Waals surface area contributed by atoms with Crippen LogP contribution in [0, 0.1) is 0 Å². The zero-order chi connectivity index (χ0) is 14.9. The molecule has 1 atom stereocenters. The van der Waals surface area contributed by atoms with Gasteiger partial charge in [0.05, 0.1) is 7.11 Å². The normalized spacial score (nSPS) is 21.9. The van der Waals surface area contributed by atoms with E-state index in [1.807, 2.05) is 26.0 Å². The highest BCUT2D eigenvalue weighted by molar-refractivity contribution is 6.08. The third-order valence-corrected chi connectivity index (χ3v) is 3.60. The van der Waals surface area contributed by atoms with Crippen molar-refractivity contribution in [3.63, 3.8) is 0 Å². The standard InChI is InChI=1S/C14H19N3O3/c1-8(2)9-4-5-11(20-3)10(6-9)14(7-15)12(18)16-13(19)17-14/h4-6,8H,7,15H2,1-3H3,(H2,16,17,18,19). The molecular formula is C14H19N3O3. The Morgan fingerprint density at radius 3 is 2.50 bits per heavy atom. The van der Waals surface area contributed by atoms with Crippen LogP contribution < -0.4 is 21.1 Å². The fourth-order valence-electron chi connectivity index (χ4n) is 2.35. The monoisotopic (exact) mass is 277 g/mol. The molecule has 1 aromatic rings. The molecule has 0 saturated carbocycles. The molecule has 0 spiro atoms. The SMILES string of the molecule is COc1ccc(C(C)C)cc1C1(CN)NC(=O)NC1=O. The van der Waals surface area contributed by atoms with Crippen LogP contribution in [0.4, 0.5) is 4.79 Å². The molecule has 1 fully saturated rings. The summed E-state index contributed by atoms with van der Waals surface area (Å²) in [5.74, 6) is 0.357. The summed E-state index contributed by atoms with van der Waals surface area (Å²) in [6.07, 6.45) is 0. The van der Waals surface area contributed by atoms with Gasteiger partial charge >= 0.3 is 6.03 Å². The van der Waals surface area contributed by atoms with Crippen molar-refractivity contribution in [3.05, 3.63) is 29.3 Å². The van der Waals surface area contributed by atoms with E-state index >= 15 is 0 Å². The van der Waals surface area contributed by atoms with Crippen LogP contribution >= 0.6 is 0 Å². The second kappa shape index (κ2) is 5.13. The minimum absolute atomic E-state index is 0.0392. The zero-order valence-corrected chi connectivity index (χ0v) is 11.8. The number of nitrogens with two attached hydrogens (primary N) is 1. The van der Waals surface area contributed by atoms with Crippen LogP contribution in [0.1, 0.15) is 30.9 Å². The number of urea groups is 1. The van der Waals surface area contributed by atoms with Gasteiger partial charge in [0, 0.05) is 12.1 Å². The van der Waals surface area contributed by atoms with E-state index < -0.39 is 17.5 Å². The number of carbonyl (C=O) groups excluding carboxylic acids is 2. The second-order valence-electron chi connectivity index (χ2n) is 5.13. The first kappa shape index (κ1) is 14.3. The molecule has 6 nitrogen and oxygen atoms in total. The van der Waals surface area contributed by atoms with Gasteiger partial charge in [0.15, 0.2) is 5.54 Å². The lowest BCUT2D eigenvalue weighted by Crippen LogP contribution is -2.50. The van der Waals surface area contributed by atoms with Gasteiger partial charge in [0.1, 0.15) is 5.75 Å². The lowest BCUT2D eigenvalue weighted by molar-refractivity contribution is -0.124. The molecular weight excluding hydrogens is 258 g/mol. The highest BCUT2D eigenvalue weighted by Gasteiger charge is 2.48. The molecule has 1 aliphatic rings. The molecule has 4 N–H and O–H groups in total. The molecule has 108 valence electrons. The van der Waals surface area contributed by atoms with Crippen molar-refractivity contribution < 1.29 is 14.3 Å². The van der Waals surface area contributed by atoms with Crippen molar-refractivity contribution >= 4 is 11.9 Å². The maximum absolute atomic E-state index is 12.2. The van der Waals surface area contributed by atoms with Gasteiger partial charge in [-0.2, -0.15) is 0 Å². The first-order valence-electron chi connectivity index (χ1n) is 6.46. The van der Waals surface area contributed by atoms with Crippen LogP contribution in [0.3, 0.4) is 0 Å². The van der Waals surface area contributed by atoms with Gasteiger partial charge in [-0.1, -0.05) is 19.9 Å². The number of amides is 3. The Morgan fingerprint density at radius 1 is 1.35 bits per heavy atom. The molecule has 1 saturated heterocycles. The van der Waals surface area contributed by atoms with Crippen LogP contribution in [0.25, 0.3) is 0 Å². The van der Waals surface area contributed by atoms with Crippen molar-refractivity contribution in [1.29, 1.82) is 0 Å². The molecule has 0 aromatic heterocycles. The van der Waals surface area contributed by atoms with Crippen molar-refractivity contribution in [3.8, 4) is 5.75 Å². The molecule has 1 unspecified atom stereocenters. The third kappa shape index (κ3) is 2.12. The molecule has 6 heteroatoms. The maximum atomic E-state index is 12.2. The Balaban J connectivity index is 2.61. The van der Waals surface area contributed by atoms with E-state index in [-0.39, 0.29) is 12.5 Å². The minimum atomic E-state index is -1.27. The molecule has 1 aromatic carbocycles. The van der Waals surface area contributed by atoms with Crippen LogP contribution in [0.15, 0.2) is 18.2 Å². The number of methoxy groups -OCH3 is 1. The highest BCUT2D eigenvalue weighted by atomic mass is 16.5. The van der Waals surface area contributed by atoms with E-state index in [1.165, 1.54) is 7.11 Å². The summed E-state index contributed by atoms with van der Waals surface area (Å²) in [6.45, 7) is 4.06. The molecule has 1 aliphatic heterocycles. The number of carbonyl (C=O) groups is 2. The van der Waals surface area contributed by atoms with Crippen LogP contribution in [0.2, 0.25) is 0 Å². The molecule has 3 amide bonds. The highest BCUT2D eigenvalue weighted by Crippen LogP contribution is 2.34. The first-order chi connectivity index (χ1) is 9.44. The quantitative estimate of drug-likeness (QED) is 0.710. The van der Waals surface area contributed by atoms with Gasteiger partial charge in [-0.3, -0.25) is 10.1 Å².